The summed E-state index contributed by atoms with van der Waals surface area (Å²) < 4.78 is 0. The highest BCUT2D eigenvalue weighted by Crippen LogP contribution is 2.20. The number of rotatable bonds is 2. The highest BCUT2D eigenvalue weighted by atomic mass is 16.1. The molecule has 1 amide bonds. The van der Waals surface area contributed by atoms with Crippen molar-refractivity contribution in [2.75, 3.05) is 0 Å². The molecule has 1 aromatic carbocycles. The van der Waals surface area contributed by atoms with Crippen LogP contribution in [-0.4, -0.2) is 16.9 Å². The fourth-order valence-corrected chi connectivity index (χ4v) is 2.81. The minimum Gasteiger partial charge on any atom is -0.349 e. The molecule has 1 aliphatic rings. The average Bonchev–Trinajstić information content (AvgIpc) is 2.47. The normalized spacial score (nSPS) is 16.4. The lowest BCUT2D eigenvalue weighted by molar-refractivity contribution is 0.0929. The first-order valence-electron chi connectivity index (χ1n) is 6.99. The van der Waals surface area contributed by atoms with Crippen molar-refractivity contribution >= 4 is 16.8 Å². The number of nitrogens with one attached hydrogen (secondary N) is 1. The number of aromatic nitrogens is 1. The number of pyridine rings is 1. The van der Waals surface area contributed by atoms with Crippen LogP contribution >= 0.6 is 0 Å². The Balaban J connectivity index is 1.85. The van der Waals surface area contributed by atoms with Gasteiger partial charge in [-0.05, 0) is 31.0 Å². The van der Waals surface area contributed by atoms with Gasteiger partial charge in [-0.15, -0.1) is 0 Å². The van der Waals surface area contributed by atoms with Crippen molar-refractivity contribution in [2.45, 2.75) is 38.1 Å². The molecule has 1 heterocycles. The lowest BCUT2D eigenvalue weighted by atomic mass is 9.95. The summed E-state index contributed by atoms with van der Waals surface area (Å²) in [6.45, 7) is 0. The zero-order valence-corrected chi connectivity index (χ0v) is 10.9. The number of fused-ring (bicyclic) bond motifs is 1. The van der Waals surface area contributed by atoms with E-state index in [9.17, 15) is 4.79 Å². The zero-order chi connectivity index (χ0) is 13.1. The van der Waals surface area contributed by atoms with Crippen LogP contribution < -0.4 is 5.32 Å². The number of carbonyl (C=O) groups is 1. The van der Waals surface area contributed by atoms with E-state index < -0.39 is 0 Å². The minimum atomic E-state index is 0.0329. The summed E-state index contributed by atoms with van der Waals surface area (Å²) in [6, 6.07) is 9.88. The van der Waals surface area contributed by atoms with Gasteiger partial charge in [0.1, 0.15) is 0 Å². The summed E-state index contributed by atoms with van der Waals surface area (Å²) in [6.07, 6.45) is 7.71. The lowest BCUT2D eigenvalue weighted by Gasteiger charge is -2.23. The molecule has 3 heteroatoms. The number of hydrogen-bond donors (Lipinski definition) is 1. The molecule has 0 radical (unpaired) electrons. The average molecular weight is 254 g/mol. The van der Waals surface area contributed by atoms with Gasteiger partial charge in [-0.1, -0.05) is 31.4 Å². The second kappa shape index (κ2) is 5.39. The Hall–Kier alpha value is -1.90. The first-order valence-corrected chi connectivity index (χ1v) is 6.99. The van der Waals surface area contributed by atoms with E-state index in [1.165, 1.54) is 19.3 Å². The number of nitrogens with zero attached hydrogens (tertiary/aromatic N) is 1. The van der Waals surface area contributed by atoms with Crippen LogP contribution in [0.1, 0.15) is 42.5 Å². The molecule has 1 fully saturated rings. The van der Waals surface area contributed by atoms with Crippen LogP contribution in [0.4, 0.5) is 0 Å². The van der Waals surface area contributed by atoms with Gasteiger partial charge in [-0.25, -0.2) is 0 Å². The Labute approximate surface area is 113 Å². The van der Waals surface area contributed by atoms with E-state index in [1.54, 1.807) is 6.20 Å². The number of hydrogen-bond acceptors (Lipinski definition) is 2. The topological polar surface area (TPSA) is 42.0 Å². The van der Waals surface area contributed by atoms with Gasteiger partial charge in [0, 0.05) is 23.2 Å². The first-order chi connectivity index (χ1) is 9.34. The molecule has 0 bridgehead atoms. The van der Waals surface area contributed by atoms with E-state index in [0.29, 0.717) is 6.04 Å². The highest BCUT2D eigenvalue weighted by molar-refractivity contribution is 6.06. The molecule has 0 spiro atoms. The molecule has 1 aliphatic carbocycles. The van der Waals surface area contributed by atoms with Crippen molar-refractivity contribution in [2.24, 2.45) is 0 Å². The van der Waals surface area contributed by atoms with Crippen LogP contribution in [0.2, 0.25) is 0 Å². The minimum absolute atomic E-state index is 0.0329. The molecule has 98 valence electrons. The summed E-state index contributed by atoms with van der Waals surface area (Å²) >= 11 is 0. The van der Waals surface area contributed by atoms with Crippen molar-refractivity contribution < 1.29 is 4.79 Å². The molecule has 19 heavy (non-hydrogen) atoms. The van der Waals surface area contributed by atoms with Crippen LogP contribution in [0.3, 0.4) is 0 Å². The smallest absolute Gasteiger partial charge is 0.252 e. The fraction of sp³-hybridized carbons (Fsp3) is 0.375. The van der Waals surface area contributed by atoms with Crippen LogP contribution in [0.15, 0.2) is 36.5 Å². The summed E-state index contributed by atoms with van der Waals surface area (Å²) in [4.78, 5) is 16.7. The summed E-state index contributed by atoms with van der Waals surface area (Å²) in [7, 11) is 0. The van der Waals surface area contributed by atoms with Crippen LogP contribution in [0, 0.1) is 0 Å². The Kier molecular flexibility index (Phi) is 3.45. The summed E-state index contributed by atoms with van der Waals surface area (Å²) in [5, 5.41) is 4.09. The molecule has 0 unspecified atom stereocenters. The largest absolute Gasteiger partial charge is 0.349 e. The third-order valence-electron chi connectivity index (χ3n) is 3.83. The second-order valence-corrected chi connectivity index (χ2v) is 5.18. The number of amides is 1. The molecule has 0 atom stereocenters. The molecule has 3 rings (SSSR count). The predicted molar refractivity (Wildman–Crippen MR) is 76.1 cm³/mol. The molecule has 1 aromatic heterocycles. The Morgan fingerprint density at radius 1 is 1.11 bits per heavy atom. The van der Waals surface area contributed by atoms with E-state index in [-0.39, 0.29) is 5.91 Å². The molecule has 0 aliphatic heterocycles. The maximum Gasteiger partial charge on any atom is 0.252 e. The molecule has 0 saturated heterocycles. The molecule has 1 N–H and O–H groups in total. The lowest BCUT2D eigenvalue weighted by Crippen LogP contribution is -2.36. The molecule has 3 nitrogen and oxygen atoms in total. The van der Waals surface area contributed by atoms with Gasteiger partial charge in [-0.2, -0.15) is 0 Å². The Morgan fingerprint density at radius 2 is 1.95 bits per heavy atom. The molecule has 1 saturated carbocycles. The van der Waals surface area contributed by atoms with Crippen LogP contribution in [0.25, 0.3) is 10.9 Å². The third kappa shape index (κ3) is 2.60. The predicted octanol–water partition coefficient (Wildman–Crippen LogP) is 3.30. The van der Waals surface area contributed by atoms with Gasteiger partial charge < -0.3 is 5.32 Å². The van der Waals surface area contributed by atoms with Crippen molar-refractivity contribution in [3.05, 3.63) is 42.1 Å². The summed E-state index contributed by atoms with van der Waals surface area (Å²) in [5.74, 6) is 0.0329. The zero-order valence-electron chi connectivity index (χ0n) is 10.9. The van der Waals surface area contributed by atoms with Gasteiger partial charge >= 0.3 is 0 Å². The Bertz CT molecular complexity index is 583. The van der Waals surface area contributed by atoms with E-state index in [2.05, 4.69) is 10.3 Å². The van der Waals surface area contributed by atoms with Crippen molar-refractivity contribution in [1.82, 2.24) is 10.3 Å². The van der Waals surface area contributed by atoms with E-state index >= 15 is 0 Å². The van der Waals surface area contributed by atoms with Crippen LogP contribution in [0.5, 0.6) is 0 Å². The van der Waals surface area contributed by atoms with Gasteiger partial charge in [0.15, 0.2) is 0 Å². The fourth-order valence-electron chi connectivity index (χ4n) is 2.81. The van der Waals surface area contributed by atoms with Gasteiger partial charge in [0.25, 0.3) is 5.91 Å². The van der Waals surface area contributed by atoms with E-state index in [1.807, 2.05) is 30.3 Å². The van der Waals surface area contributed by atoms with Gasteiger partial charge in [0.05, 0.1) is 5.52 Å². The molecular formula is C16H18N2O. The summed E-state index contributed by atoms with van der Waals surface area (Å²) in [5.41, 5.74) is 1.61. The standard InChI is InChI=1S/C16H18N2O/c19-16(18-12-6-2-1-3-7-12)14-8-4-10-15-13(14)9-5-11-17-15/h4-5,8-12H,1-3,6-7H2,(H,18,19). The third-order valence-corrected chi connectivity index (χ3v) is 3.83. The maximum absolute atomic E-state index is 12.4. The highest BCUT2D eigenvalue weighted by Gasteiger charge is 2.17. The van der Waals surface area contributed by atoms with E-state index in [0.717, 1.165) is 29.3 Å². The molecule has 2 aromatic rings. The SMILES string of the molecule is O=C(NC1CCCCC1)c1cccc2ncccc12. The second-order valence-electron chi connectivity index (χ2n) is 5.18. The van der Waals surface area contributed by atoms with Gasteiger partial charge in [0.2, 0.25) is 0 Å². The van der Waals surface area contributed by atoms with E-state index in [4.69, 9.17) is 0 Å². The van der Waals surface area contributed by atoms with Crippen molar-refractivity contribution in [3.8, 4) is 0 Å². The van der Waals surface area contributed by atoms with Gasteiger partial charge in [-0.3, -0.25) is 9.78 Å². The van der Waals surface area contributed by atoms with Crippen LogP contribution in [-0.2, 0) is 0 Å². The van der Waals surface area contributed by atoms with Crippen molar-refractivity contribution in [3.63, 3.8) is 0 Å². The Morgan fingerprint density at radius 3 is 2.79 bits per heavy atom. The maximum atomic E-state index is 12.4. The number of carbonyl (C=O) groups excluding carboxylic acids is 1. The quantitative estimate of drug-likeness (QED) is 0.893. The van der Waals surface area contributed by atoms with Crippen molar-refractivity contribution in [1.29, 1.82) is 0 Å². The first kappa shape index (κ1) is 12.2. The number of benzene rings is 1. The monoisotopic (exact) mass is 254 g/mol. The molecular weight excluding hydrogens is 236 g/mol.